The zero-order valence-electron chi connectivity index (χ0n) is 9.48. The topological polar surface area (TPSA) is 76.3 Å². The lowest BCUT2D eigenvalue weighted by Gasteiger charge is -2.16. The first-order valence-corrected chi connectivity index (χ1v) is 4.71. The number of aromatic nitrogens is 2. The maximum atomic E-state index is 5.84. The van der Waals surface area contributed by atoms with Crippen LogP contribution in [-0.2, 0) is 0 Å². The minimum Gasteiger partial charge on any atom is -0.473 e. The number of nitrogens with one attached hydrogen (secondary N) is 1. The van der Waals surface area contributed by atoms with Crippen molar-refractivity contribution >= 4 is 11.5 Å². The lowest BCUT2D eigenvalue weighted by Crippen LogP contribution is -2.22. The highest BCUT2D eigenvalue weighted by atomic mass is 16.5. The van der Waals surface area contributed by atoms with Gasteiger partial charge in [-0.3, -0.25) is 0 Å². The molecule has 1 heterocycles. The van der Waals surface area contributed by atoms with E-state index in [1.165, 1.54) is 6.33 Å². The van der Waals surface area contributed by atoms with Crippen LogP contribution < -0.4 is 15.9 Å². The van der Waals surface area contributed by atoms with Gasteiger partial charge in [-0.15, -0.1) is 0 Å². The Morgan fingerprint density at radius 2 is 2.07 bits per heavy atom. The second-order valence-electron chi connectivity index (χ2n) is 3.61. The van der Waals surface area contributed by atoms with Crippen molar-refractivity contribution < 1.29 is 4.74 Å². The summed E-state index contributed by atoms with van der Waals surface area (Å²) < 4.78 is 5.43. The molecule has 1 rings (SSSR count). The molecule has 0 aromatic carbocycles. The van der Waals surface area contributed by atoms with Gasteiger partial charge in [-0.2, -0.15) is 4.98 Å². The number of rotatable bonds is 4. The van der Waals surface area contributed by atoms with Crippen molar-refractivity contribution in [3.05, 3.63) is 6.33 Å². The van der Waals surface area contributed by atoms with E-state index in [4.69, 9.17) is 10.5 Å². The zero-order chi connectivity index (χ0) is 11.4. The molecule has 1 aromatic rings. The number of nitrogens with zero attached hydrogens (tertiary/aromatic N) is 3. The van der Waals surface area contributed by atoms with E-state index in [1.807, 2.05) is 27.9 Å². The van der Waals surface area contributed by atoms with Gasteiger partial charge in [0.2, 0.25) is 5.88 Å². The Balaban J connectivity index is 2.90. The van der Waals surface area contributed by atoms with Gasteiger partial charge in [0.25, 0.3) is 0 Å². The summed E-state index contributed by atoms with van der Waals surface area (Å²) in [5, 5.41) is 1.75. The Kier molecular flexibility index (Phi) is 3.68. The Bertz CT molecular complexity index is 298. The van der Waals surface area contributed by atoms with Crippen LogP contribution >= 0.6 is 0 Å². The molecule has 3 N–H and O–H groups in total. The smallest absolute Gasteiger partial charge is 0.242 e. The van der Waals surface area contributed by atoms with Crippen LogP contribution in [0.4, 0.5) is 11.5 Å². The summed E-state index contributed by atoms with van der Waals surface area (Å²) in [5.74, 6) is 0.954. The number of ether oxygens (including phenoxy) is 1. The molecule has 6 heteroatoms. The molecule has 15 heavy (non-hydrogen) atoms. The molecule has 0 spiro atoms. The maximum Gasteiger partial charge on any atom is 0.242 e. The highest BCUT2D eigenvalue weighted by Gasteiger charge is 2.10. The summed E-state index contributed by atoms with van der Waals surface area (Å²) >= 11 is 0. The van der Waals surface area contributed by atoms with Crippen molar-refractivity contribution in [2.75, 3.05) is 25.3 Å². The fraction of sp³-hybridized carbons (Fsp3) is 0.556. The van der Waals surface area contributed by atoms with Gasteiger partial charge in [-0.25, -0.2) is 9.99 Å². The first-order valence-electron chi connectivity index (χ1n) is 4.71. The van der Waals surface area contributed by atoms with E-state index in [-0.39, 0.29) is 6.10 Å². The van der Waals surface area contributed by atoms with Crippen molar-refractivity contribution in [3.63, 3.8) is 0 Å². The van der Waals surface area contributed by atoms with Crippen molar-refractivity contribution in [2.45, 2.75) is 20.0 Å². The number of anilines is 2. The molecule has 0 saturated heterocycles. The highest BCUT2D eigenvalue weighted by Crippen LogP contribution is 2.25. The fourth-order valence-electron chi connectivity index (χ4n) is 0.997. The number of hydrogen-bond acceptors (Lipinski definition) is 6. The predicted octanol–water partition coefficient (Wildman–Crippen LogP) is 0.734. The standard InChI is InChI=1S/C9H17N5O/c1-6(2)15-9-7(10)8(11-5-12-9)13-14(3)4/h5-6H,10H2,1-4H3,(H,11,12,13). The normalized spacial score (nSPS) is 10.8. The number of hydrogen-bond donors (Lipinski definition) is 2. The molecule has 1 aromatic heterocycles. The average molecular weight is 211 g/mol. The Labute approximate surface area is 89.4 Å². The lowest BCUT2D eigenvalue weighted by atomic mass is 10.4. The molecule has 0 saturated carbocycles. The van der Waals surface area contributed by atoms with Gasteiger partial charge < -0.3 is 15.9 Å². The van der Waals surface area contributed by atoms with E-state index in [9.17, 15) is 0 Å². The SMILES string of the molecule is CC(C)Oc1ncnc(NN(C)C)c1N. The molecule has 6 nitrogen and oxygen atoms in total. The average Bonchev–Trinajstić information content (AvgIpc) is 2.10. The third-order valence-electron chi connectivity index (χ3n) is 1.52. The van der Waals surface area contributed by atoms with E-state index in [0.717, 1.165) is 0 Å². The minimum absolute atomic E-state index is 0.0365. The molecule has 0 unspecified atom stereocenters. The Morgan fingerprint density at radius 3 is 2.60 bits per heavy atom. The summed E-state index contributed by atoms with van der Waals surface area (Å²) in [4.78, 5) is 7.99. The van der Waals surface area contributed by atoms with Gasteiger partial charge in [-0.1, -0.05) is 0 Å². The number of nitrogen functional groups attached to an aromatic ring is 1. The third kappa shape index (κ3) is 3.25. The third-order valence-corrected chi connectivity index (χ3v) is 1.52. The van der Waals surface area contributed by atoms with Gasteiger partial charge in [0.15, 0.2) is 5.82 Å². The lowest BCUT2D eigenvalue weighted by molar-refractivity contribution is 0.234. The summed E-state index contributed by atoms with van der Waals surface area (Å²) in [7, 11) is 3.70. The van der Waals surface area contributed by atoms with Crippen LogP contribution in [0.3, 0.4) is 0 Å². The largest absolute Gasteiger partial charge is 0.473 e. The summed E-state index contributed by atoms with van der Waals surface area (Å²) in [5.41, 5.74) is 9.22. The first-order chi connectivity index (χ1) is 7.00. The molecule has 0 atom stereocenters. The Hall–Kier alpha value is -1.56. The Morgan fingerprint density at radius 1 is 1.40 bits per heavy atom. The molecule has 0 radical (unpaired) electrons. The van der Waals surface area contributed by atoms with Crippen molar-refractivity contribution in [1.82, 2.24) is 15.0 Å². The van der Waals surface area contributed by atoms with Crippen LogP contribution in [0.2, 0.25) is 0 Å². The summed E-state index contributed by atoms with van der Waals surface area (Å²) in [6.45, 7) is 3.83. The molecule has 0 amide bonds. The van der Waals surface area contributed by atoms with E-state index >= 15 is 0 Å². The van der Waals surface area contributed by atoms with Crippen molar-refractivity contribution in [2.24, 2.45) is 0 Å². The number of nitrogens with two attached hydrogens (primary N) is 1. The van der Waals surface area contributed by atoms with Crippen LogP contribution in [0.5, 0.6) is 5.88 Å². The van der Waals surface area contributed by atoms with Gasteiger partial charge in [0, 0.05) is 14.1 Å². The van der Waals surface area contributed by atoms with E-state index in [0.29, 0.717) is 17.4 Å². The molecule has 0 fully saturated rings. The predicted molar refractivity (Wildman–Crippen MR) is 59.5 cm³/mol. The zero-order valence-corrected chi connectivity index (χ0v) is 9.48. The molecular formula is C9H17N5O. The van der Waals surface area contributed by atoms with Gasteiger partial charge in [0.05, 0.1) is 6.10 Å². The number of hydrazine groups is 1. The maximum absolute atomic E-state index is 5.84. The minimum atomic E-state index is 0.0365. The van der Waals surface area contributed by atoms with E-state index in [1.54, 1.807) is 5.01 Å². The monoisotopic (exact) mass is 211 g/mol. The fourth-order valence-corrected chi connectivity index (χ4v) is 0.997. The summed E-state index contributed by atoms with van der Waals surface area (Å²) in [6.07, 6.45) is 1.45. The van der Waals surface area contributed by atoms with Gasteiger partial charge in [-0.05, 0) is 13.8 Å². The van der Waals surface area contributed by atoms with Crippen LogP contribution in [0.25, 0.3) is 0 Å². The molecule has 0 bridgehead atoms. The van der Waals surface area contributed by atoms with E-state index < -0.39 is 0 Å². The van der Waals surface area contributed by atoms with E-state index in [2.05, 4.69) is 15.4 Å². The molecule has 84 valence electrons. The summed E-state index contributed by atoms with van der Waals surface area (Å²) in [6, 6.07) is 0. The van der Waals surface area contributed by atoms with Crippen molar-refractivity contribution in [3.8, 4) is 5.88 Å². The van der Waals surface area contributed by atoms with Crippen molar-refractivity contribution in [1.29, 1.82) is 0 Å². The van der Waals surface area contributed by atoms with Crippen LogP contribution in [-0.4, -0.2) is 35.2 Å². The van der Waals surface area contributed by atoms with Crippen LogP contribution in [0, 0.1) is 0 Å². The van der Waals surface area contributed by atoms with Gasteiger partial charge in [0.1, 0.15) is 12.0 Å². The van der Waals surface area contributed by atoms with Crippen LogP contribution in [0.1, 0.15) is 13.8 Å². The highest BCUT2D eigenvalue weighted by molar-refractivity contribution is 5.65. The molecule has 0 aliphatic rings. The van der Waals surface area contributed by atoms with Crippen LogP contribution in [0.15, 0.2) is 6.33 Å². The van der Waals surface area contributed by atoms with Gasteiger partial charge >= 0.3 is 0 Å². The molecule has 0 aliphatic heterocycles. The molecule has 0 aliphatic carbocycles. The first kappa shape index (κ1) is 11.5. The second-order valence-corrected chi connectivity index (χ2v) is 3.61. The second kappa shape index (κ2) is 4.79. The molecular weight excluding hydrogens is 194 g/mol. The quantitative estimate of drug-likeness (QED) is 0.715.